The lowest BCUT2D eigenvalue weighted by atomic mass is 9.98. The molecule has 3 N–H and O–H groups in total. The first kappa shape index (κ1) is 15.7. The van der Waals surface area contributed by atoms with Crippen LogP contribution < -0.4 is 10.5 Å². The van der Waals surface area contributed by atoms with Crippen LogP contribution in [0.3, 0.4) is 0 Å². The van der Waals surface area contributed by atoms with E-state index < -0.39 is 15.8 Å². The third kappa shape index (κ3) is 2.99. The first-order valence-corrected chi connectivity index (χ1v) is 8.77. The average molecular weight is 365 g/mol. The summed E-state index contributed by atoms with van der Waals surface area (Å²) in [4.78, 5) is -0.0856. The number of sulfonamides is 1. The van der Waals surface area contributed by atoms with Gasteiger partial charge >= 0.3 is 0 Å². The monoisotopic (exact) mass is 364 g/mol. The highest BCUT2D eigenvalue weighted by Crippen LogP contribution is 2.33. The van der Waals surface area contributed by atoms with Crippen LogP contribution in [0.25, 0.3) is 0 Å². The van der Waals surface area contributed by atoms with Gasteiger partial charge in [0.2, 0.25) is 10.0 Å². The summed E-state index contributed by atoms with van der Waals surface area (Å²) in [6.45, 7) is 4.15. The van der Waals surface area contributed by atoms with Gasteiger partial charge in [0.15, 0.2) is 0 Å². The van der Waals surface area contributed by atoms with Crippen molar-refractivity contribution in [3.05, 3.63) is 22.4 Å². The van der Waals surface area contributed by atoms with E-state index in [0.29, 0.717) is 5.92 Å². The first-order chi connectivity index (χ1) is 9.22. The van der Waals surface area contributed by atoms with Gasteiger partial charge in [0.25, 0.3) is 0 Å². The summed E-state index contributed by atoms with van der Waals surface area (Å²) in [5, 5.41) is 0. The highest BCUT2D eigenvalue weighted by Gasteiger charge is 2.33. The Balaban J connectivity index is 2.30. The standard InChI is InChI=1S/C13H18BrFN2O2S/c1-7-3-4-12(8(7)2)17-20(18,19)13-5-9(14)10(15)6-11(13)16/h5-8,12,17H,3-4,16H2,1-2H3. The molecule has 1 aromatic rings. The second kappa shape index (κ2) is 5.61. The van der Waals surface area contributed by atoms with Gasteiger partial charge in [0, 0.05) is 6.04 Å². The molecule has 0 radical (unpaired) electrons. The topological polar surface area (TPSA) is 72.2 Å². The van der Waals surface area contributed by atoms with Crippen LogP contribution in [0.1, 0.15) is 26.7 Å². The molecule has 3 atom stereocenters. The van der Waals surface area contributed by atoms with Crippen LogP contribution >= 0.6 is 15.9 Å². The van der Waals surface area contributed by atoms with Gasteiger partial charge in [-0.1, -0.05) is 13.8 Å². The Morgan fingerprint density at radius 1 is 1.35 bits per heavy atom. The van der Waals surface area contributed by atoms with E-state index in [1.54, 1.807) is 0 Å². The number of nitrogens with two attached hydrogens (primary N) is 1. The fraction of sp³-hybridized carbons (Fsp3) is 0.538. The third-order valence-corrected chi connectivity index (χ3v) is 6.27. The highest BCUT2D eigenvalue weighted by molar-refractivity contribution is 9.10. The summed E-state index contributed by atoms with van der Waals surface area (Å²) in [5.74, 6) is 0.180. The van der Waals surface area contributed by atoms with E-state index in [2.05, 4.69) is 27.6 Å². The molecule has 0 saturated heterocycles. The Morgan fingerprint density at radius 2 is 2.00 bits per heavy atom. The third-order valence-electron chi connectivity index (χ3n) is 4.11. The zero-order chi connectivity index (χ0) is 15.1. The zero-order valence-corrected chi connectivity index (χ0v) is 13.8. The smallest absolute Gasteiger partial charge is 0.242 e. The number of anilines is 1. The van der Waals surface area contributed by atoms with Gasteiger partial charge in [-0.05, 0) is 52.7 Å². The molecule has 20 heavy (non-hydrogen) atoms. The maximum Gasteiger partial charge on any atom is 0.242 e. The molecule has 1 aliphatic carbocycles. The number of nitrogen functional groups attached to an aromatic ring is 1. The van der Waals surface area contributed by atoms with E-state index in [-0.39, 0.29) is 27.0 Å². The zero-order valence-electron chi connectivity index (χ0n) is 11.4. The normalized spacial score (nSPS) is 26.9. The largest absolute Gasteiger partial charge is 0.398 e. The van der Waals surface area contributed by atoms with Crippen LogP contribution in [0.4, 0.5) is 10.1 Å². The quantitative estimate of drug-likeness (QED) is 0.809. The number of hydrogen-bond donors (Lipinski definition) is 2. The second-order valence-corrected chi connectivity index (χ2v) is 7.98. The molecule has 0 aromatic heterocycles. The van der Waals surface area contributed by atoms with Crippen LogP contribution in [-0.4, -0.2) is 14.5 Å². The molecule has 1 fully saturated rings. The Kier molecular flexibility index (Phi) is 4.41. The van der Waals surface area contributed by atoms with Crippen molar-refractivity contribution < 1.29 is 12.8 Å². The van der Waals surface area contributed by atoms with Crippen molar-refractivity contribution in [3.63, 3.8) is 0 Å². The molecule has 3 unspecified atom stereocenters. The molecule has 1 aliphatic rings. The molecule has 7 heteroatoms. The van der Waals surface area contributed by atoms with Gasteiger partial charge in [0.05, 0.1) is 10.2 Å². The lowest BCUT2D eigenvalue weighted by Crippen LogP contribution is -2.37. The Labute approximate surface area is 127 Å². The van der Waals surface area contributed by atoms with Crippen LogP contribution in [0, 0.1) is 17.7 Å². The predicted octanol–water partition coefficient (Wildman–Crippen LogP) is 2.88. The van der Waals surface area contributed by atoms with Crippen molar-refractivity contribution in [1.29, 1.82) is 0 Å². The van der Waals surface area contributed by atoms with Gasteiger partial charge in [-0.3, -0.25) is 0 Å². The van der Waals surface area contributed by atoms with Crippen molar-refractivity contribution in [2.45, 2.75) is 37.6 Å². The maximum absolute atomic E-state index is 13.3. The Hall–Kier alpha value is -0.660. The van der Waals surface area contributed by atoms with Crippen molar-refractivity contribution in [3.8, 4) is 0 Å². The molecule has 4 nitrogen and oxygen atoms in total. The number of hydrogen-bond acceptors (Lipinski definition) is 3. The van der Waals surface area contributed by atoms with E-state index in [0.717, 1.165) is 18.9 Å². The van der Waals surface area contributed by atoms with Gasteiger partial charge in [-0.2, -0.15) is 0 Å². The highest BCUT2D eigenvalue weighted by atomic mass is 79.9. The van der Waals surface area contributed by atoms with Gasteiger partial charge in [-0.25, -0.2) is 17.5 Å². The fourth-order valence-corrected chi connectivity index (χ4v) is 4.57. The lowest BCUT2D eigenvalue weighted by Gasteiger charge is -2.20. The summed E-state index contributed by atoms with van der Waals surface area (Å²) in [7, 11) is -3.74. The molecule has 2 rings (SSSR count). The number of rotatable bonds is 3. The molecular weight excluding hydrogens is 347 g/mol. The van der Waals surface area contributed by atoms with E-state index in [4.69, 9.17) is 5.73 Å². The summed E-state index contributed by atoms with van der Waals surface area (Å²) in [6.07, 6.45) is 1.81. The molecule has 112 valence electrons. The second-order valence-electron chi connectivity index (χ2n) is 5.45. The predicted molar refractivity (Wildman–Crippen MR) is 80.2 cm³/mol. The van der Waals surface area contributed by atoms with E-state index >= 15 is 0 Å². The first-order valence-electron chi connectivity index (χ1n) is 6.49. The minimum atomic E-state index is -3.74. The van der Waals surface area contributed by atoms with Crippen LogP contribution in [0.2, 0.25) is 0 Å². The van der Waals surface area contributed by atoms with Crippen LogP contribution in [0.5, 0.6) is 0 Å². The molecular formula is C13H18BrFN2O2S. The minimum Gasteiger partial charge on any atom is -0.398 e. The van der Waals surface area contributed by atoms with Crippen molar-refractivity contribution in [2.24, 2.45) is 11.8 Å². The van der Waals surface area contributed by atoms with Crippen LogP contribution in [-0.2, 0) is 10.0 Å². The van der Waals surface area contributed by atoms with Crippen molar-refractivity contribution in [1.82, 2.24) is 4.72 Å². The summed E-state index contributed by atoms with van der Waals surface area (Å²) >= 11 is 2.98. The summed E-state index contributed by atoms with van der Waals surface area (Å²) in [5.41, 5.74) is 5.55. The molecule has 1 saturated carbocycles. The molecule has 1 aromatic carbocycles. The average Bonchev–Trinajstić information content (AvgIpc) is 2.65. The molecule has 0 aliphatic heterocycles. The molecule has 0 heterocycles. The molecule has 0 spiro atoms. The lowest BCUT2D eigenvalue weighted by molar-refractivity contribution is 0.402. The Morgan fingerprint density at radius 3 is 2.55 bits per heavy atom. The minimum absolute atomic E-state index is 0.0833. The van der Waals surface area contributed by atoms with Gasteiger partial charge in [-0.15, -0.1) is 0 Å². The van der Waals surface area contributed by atoms with E-state index in [9.17, 15) is 12.8 Å². The summed E-state index contributed by atoms with van der Waals surface area (Å²) in [6, 6.07) is 2.12. The number of halogens is 2. The van der Waals surface area contributed by atoms with Crippen molar-refractivity contribution in [2.75, 3.05) is 5.73 Å². The van der Waals surface area contributed by atoms with E-state index in [1.165, 1.54) is 6.07 Å². The maximum atomic E-state index is 13.3. The fourth-order valence-electron chi connectivity index (χ4n) is 2.57. The van der Waals surface area contributed by atoms with Gasteiger partial charge < -0.3 is 5.73 Å². The van der Waals surface area contributed by atoms with Crippen LogP contribution in [0.15, 0.2) is 21.5 Å². The van der Waals surface area contributed by atoms with Crippen molar-refractivity contribution >= 4 is 31.6 Å². The SMILES string of the molecule is CC1CCC(NS(=O)(=O)c2cc(Br)c(F)cc2N)C1C. The Bertz CT molecular complexity index is 621. The molecule has 0 bridgehead atoms. The van der Waals surface area contributed by atoms with E-state index in [1.807, 2.05) is 6.92 Å². The number of benzene rings is 1. The van der Waals surface area contributed by atoms with Gasteiger partial charge in [0.1, 0.15) is 10.7 Å². The molecule has 0 amide bonds. The summed E-state index contributed by atoms with van der Waals surface area (Å²) < 4.78 is 40.9. The number of nitrogens with one attached hydrogen (secondary N) is 1.